The van der Waals surface area contributed by atoms with Gasteiger partial charge < -0.3 is 10.6 Å². The zero-order chi connectivity index (χ0) is 12.4. The molecule has 1 unspecified atom stereocenters. The molecule has 2 rings (SSSR count). The van der Waals surface area contributed by atoms with Crippen LogP contribution >= 0.6 is 0 Å². The first-order valence-corrected chi connectivity index (χ1v) is 5.77. The molecule has 1 fully saturated rings. The summed E-state index contributed by atoms with van der Waals surface area (Å²) < 4.78 is 0. The van der Waals surface area contributed by atoms with E-state index in [1.54, 1.807) is 6.20 Å². The van der Waals surface area contributed by atoms with Gasteiger partial charge >= 0.3 is 0 Å². The number of rotatable bonds is 3. The van der Waals surface area contributed by atoms with Crippen molar-refractivity contribution in [1.82, 2.24) is 14.8 Å². The van der Waals surface area contributed by atoms with Crippen LogP contribution in [0.4, 0.5) is 0 Å². The normalized spacial score (nSPS) is 21.4. The molecule has 1 atom stereocenters. The van der Waals surface area contributed by atoms with Crippen molar-refractivity contribution in [2.45, 2.75) is 25.3 Å². The maximum Gasteiger partial charge on any atom is 0.252 e. The Hall–Kier alpha value is -1.56. The van der Waals surface area contributed by atoms with E-state index in [-0.39, 0.29) is 6.04 Å². The molecule has 1 aliphatic rings. The number of hydrogen-bond donors (Lipinski definition) is 1. The van der Waals surface area contributed by atoms with Gasteiger partial charge in [0.15, 0.2) is 0 Å². The number of nitrogens with zero attached hydrogens (tertiary/aromatic N) is 3. The summed E-state index contributed by atoms with van der Waals surface area (Å²) in [5.41, 5.74) is 6.54. The van der Waals surface area contributed by atoms with Gasteiger partial charge in [-0.25, -0.2) is 0 Å². The summed E-state index contributed by atoms with van der Waals surface area (Å²) in [4.78, 5) is 19.9. The zero-order valence-corrected chi connectivity index (χ0v) is 10.2. The summed E-state index contributed by atoms with van der Waals surface area (Å²) in [7, 11) is 3.55. The van der Waals surface area contributed by atoms with Gasteiger partial charge in [-0.05, 0) is 26.4 Å². The Balaban J connectivity index is 2.35. The van der Waals surface area contributed by atoms with Crippen LogP contribution in [0.25, 0.3) is 0 Å². The molecule has 6 heteroatoms. The number of likely N-dealkylation sites (tertiary alicyclic amines) is 1. The minimum Gasteiger partial charge on any atom is -0.400 e. The van der Waals surface area contributed by atoms with Crippen LogP contribution in [-0.4, -0.2) is 41.5 Å². The largest absolute Gasteiger partial charge is 0.400 e. The maximum atomic E-state index is 11.4. The molecule has 0 aromatic carbocycles. The minimum absolute atomic E-state index is 0.155. The molecule has 0 bridgehead atoms. The Morgan fingerprint density at radius 2 is 2.35 bits per heavy atom. The lowest BCUT2D eigenvalue weighted by Crippen LogP contribution is -2.31. The molecule has 6 nitrogen and oxygen atoms in total. The first-order valence-electron chi connectivity index (χ1n) is 5.77. The second-order valence-electron chi connectivity index (χ2n) is 4.37. The van der Waals surface area contributed by atoms with Crippen LogP contribution in [0, 0.1) is 0 Å². The van der Waals surface area contributed by atoms with Gasteiger partial charge in [-0.3, -0.25) is 9.69 Å². The van der Waals surface area contributed by atoms with Crippen LogP contribution in [0.1, 0.15) is 41.4 Å². The fourth-order valence-corrected chi connectivity index (χ4v) is 2.32. The molecule has 2 heterocycles. The number of carbonyl (C=O) groups excluding carboxylic acids is 1. The van der Waals surface area contributed by atoms with Gasteiger partial charge in [0.1, 0.15) is 7.11 Å². The van der Waals surface area contributed by atoms with Crippen molar-refractivity contribution in [3.05, 3.63) is 17.5 Å². The van der Waals surface area contributed by atoms with Gasteiger partial charge in [0.05, 0.1) is 23.5 Å². The number of aromatic nitrogens is 2. The Morgan fingerprint density at radius 1 is 1.59 bits per heavy atom. The van der Waals surface area contributed by atoms with Crippen molar-refractivity contribution >= 4 is 5.91 Å². The molecule has 17 heavy (non-hydrogen) atoms. The van der Waals surface area contributed by atoms with Crippen LogP contribution in [-0.2, 0) is 0 Å². The van der Waals surface area contributed by atoms with Crippen LogP contribution in [0.15, 0.2) is 6.20 Å². The second kappa shape index (κ2) is 4.75. The summed E-state index contributed by atoms with van der Waals surface area (Å²) in [6.45, 7) is 1.02. The van der Waals surface area contributed by atoms with Crippen molar-refractivity contribution in [3.8, 4) is 0 Å². The Bertz CT molecular complexity index is 416. The van der Waals surface area contributed by atoms with E-state index in [1.807, 2.05) is 7.05 Å². The average Bonchev–Trinajstić information content (AvgIpc) is 2.73. The average molecular weight is 238 g/mol. The zero-order valence-electron chi connectivity index (χ0n) is 10.2. The topological polar surface area (TPSA) is 73.4 Å². The van der Waals surface area contributed by atoms with E-state index in [9.17, 15) is 4.79 Å². The highest BCUT2D eigenvalue weighted by molar-refractivity contribution is 5.93. The number of carbonyl (C=O) groups is 1. The van der Waals surface area contributed by atoms with E-state index >= 15 is 0 Å². The van der Waals surface area contributed by atoms with Gasteiger partial charge in [-0.2, -0.15) is 0 Å². The van der Waals surface area contributed by atoms with Crippen molar-refractivity contribution in [1.29, 1.82) is 0 Å². The Labute approximate surface area is 100 Å². The van der Waals surface area contributed by atoms with Crippen molar-refractivity contribution in [2.24, 2.45) is 5.73 Å². The number of hydrogen-bond acceptors (Lipinski definition) is 4. The van der Waals surface area contributed by atoms with E-state index in [4.69, 9.17) is 10.6 Å². The lowest BCUT2D eigenvalue weighted by Gasteiger charge is -2.31. The van der Waals surface area contributed by atoms with E-state index in [1.165, 1.54) is 18.4 Å². The predicted octanol–water partition coefficient (Wildman–Crippen LogP) is 0.197. The van der Waals surface area contributed by atoms with Crippen LogP contribution in [0.5, 0.6) is 0 Å². The minimum atomic E-state index is -0.456. The van der Waals surface area contributed by atoms with E-state index in [2.05, 4.69) is 10.00 Å². The lowest BCUT2D eigenvalue weighted by atomic mass is 9.98. The molecule has 0 spiro atoms. The van der Waals surface area contributed by atoms with Gasteiger partial charge in [-0.1, -0.05) is 6.42 Å². The van der Waals surface area contributed by atoms with E-state index in [0.717, 1.165) is 25.1 Å². The maximum absolute atomic E-state index is 11.4. The smallest absolute Gasteiger partial charge is 0.252 e. The third-order valence-corrected chi connectivity index (χ3v) is 3.26. The molecular formula is C11H18N4O2. The Morgan fingerprint density at radius 3 is 2.94 bits per heavy atom. The number of primary amides is 1. The third kappa shape index (κ3) is 2.26. The number of amides is 1. The van der Waals surface area contributed by atoms with E-state index < -0.39 is 5.91 Å². The van der Waals surface area contributed by atoms with Gasteiger partial charge in [0, 0.05) is 0 Å². The highest BCUT2D eigenvalue weighted by atomic mass is 16.7. The fraction of sp³-hybridized carbons (Fsp3) is 0.636. The number of nitrogens with two attached hydrogens (primary N) is 1. The highest BCUT2D eigenvalue weighted by Crippen LogP contribution is 2.30. The van der Waals surface area contributed by atoms with Gasteiger partial charge in [0.2, 0.25) is 0 Å². The summed E-state index contributed by atoms with van der Waals surface area (Å²) in [5.74, 6) is -0.456. The van der Waals surface area contributed by atoms with Crippen LogP contribution in [0.3, 0.4) is 0 Å². The number of piperidine rings is 1. The molecule has 0 aliphatic carbocycles. The summed E-state index contributed by atoms with van der Waals surface area (Å²) in [5, 5.41) is 4.28. The van der Waals surface area contributed by atoms with Crippen LogP contribution < -0.4 is 10.6 Å². The quantitative estimate of drug-likeness (QED) is 0.816. The summed E-state index contributed by atoms with van der Waals surface area (Å²) >= 11 is 0. The first-order chi connectivity index (χ1) is 8.13. The molecule has 94 valence electrons. The van der Waals surface area contributed by atoms with Gasteiger partial charge in [-0.15, -0.1) is 9.94 Å². The molecule has 0 saturated carbocycles. The standard InChI is InChI=1S/C11H18N4O2/c1-14-6-4-3-5-9(14)10-8(11(12)16)7-15(13-10)17-2/h7,9H,3-6H2,1-2H3,(H2,12,16). The molecular weight excluding hydrogens is 220 g/mol. The Kier molecular flexibility index (Phi) is 3.33. The first kappa shape index (κ1) is 11.9. The lowest BCUT2D eigenvalue weighted by molar-refractivity contribution is 0.0994. The molecule has 2 N–H and O–H groups in total. The molecule has 0 radical (unpaired) electrons. The molecule has 1 amide bonds. The van der Waals surface area contributed by atoms with Crippen molar-refractivity contribution in [3.63, 3.8) is 0 Å². The second-order valence-corrected chi connectivity index (χ2v) is 4.37. The highest BCUT2D eigenvalue weighted by Gasteiger charge is 2.27. The van der Waals surface area contributed by atoms with Crippen LogP contribution in [0.2, 0.25) is 0 Å². The molecule has 1 aromatic rings. The summed E-state index contributed by atoms with van der Waals surface area (Å²) in [6.07, 6.45) is 4.87. The van der Waals surface area contributed by atoms with Gasteiger partial charge in [0.25, 0.3) is 5.91 Å². The molecule has 1 saturated heterocycles. The van der Waals surface area contributed by atoms with Crippen molar-refractivity contribution < 1.29 is 9.63 Å². The van der Waals surface area contributed by atoms with Crippen molar-refractivity contribution in [2.75, 3.05) is 20.7 Å². The molecule has 1 aliphatic heterocycles. The van der Waals surface area contributed by atoms with E-state index in [0.29, 0.717) is 5.56 Å². The SMILES string of the molecule is COn1cc(C(N)=O)c(C2CCCCN2C)n1. The monoisotopic (exact) mass is 238 g/mol. The summed E-state index contributed by atoms with van der Waals surface area (Å²) in [6, 6.07) is 0.155. The predicted molar refractivity (Wildman–Crippen MR) is 62.5 cm³/mol. The third-order valence-electron chi connectivity index (χ3n) is 3.26. The molecule has 1 aromatic heterocycles. The fourth-order valence-electron chi connectivity index (χ4n) is 2.32.